The number of rotatable bonds is 8. The third kappa shape index (κ3) is 4.72. The summed E-state index contributed by atoms with van der Waals surface area (Å²) in [6.45, 7) is 10.7. The van der Waals surface area contributed by atoms with Crippen molar-refractivity contribution >= 4 is 11.6 Å². The molecule has 31 heavy (non-hydrogen) atoms. The van der Waals surface area contributed by atoms with Crippen molar-refractivity contribution in [2.45, 2.75) is 58.8 Å². The van der Waals surface area contributed by atoms with E-state index in [1.165, 1.54) is 6.33 Å². The Bertz CT molecular complexity index is 964. The van der Waals surface area contributed by atoms with Crippen LogP contribution in [0.2, 0.25) is 5.02 Å². The van der Waals surface area contributed by atoms with Crippen molar-refractivity contribution in [1.29, 1.82) is 0 Å². The van der Waals surface area contributed by atoms with Crippen molar-refractivity contribution in [2.24, 2.45) is 5.41 Å². The first-order valence-electron chi connectivity index (χ1n) is 10.3. The van der Waals surface area contributed by atoms with Crippen LogP contribution in [0.15, 0.2) is 36.9 Å². The number of aromatic nitrogens is 7. The predicted molar refractivity (Wildman–Crippen MR) is 119 cm³/mol. The van der Waals surface area contributed by atoms with Gasteiger partial charge in [-0.25, -0.2) is 14.3 Å². The van der Waals surface area contributed by atoms with E-state index in [0.29, 0.717) is 10.8 Å². The van der Waals surface area contributed by atoms with Crippen LogP contribution in [0.5, 0.6) is 5.75 Å². The Labute approximate surface area is 188 Å². The molecule has 0 aliphatic heterocycles. The Morgan fingerprint density at radius 3 is 2.32 bits per heavy atom. The number of hydrogen-bond donors (Lipinski definition) is 0. The molecule has 0 saturated heterocycles. The van der Waals surface area contributed by atoms with E-state index < -0.39 is 6.23 Å². The van der Waals surface area contributed by atoms with Crippen LogP contribution in [0, 0.1) is 5.41 Å². The van der Waals surface area contributed by atoms with E-state index in [-0.39, 0.29) is 17.0 Å². The Balaban J connectivity index is 2.15. The summed E-state index contributed by atoms with van der Waals surface area (Å²) in [5.74, 6) is 1.43. The zero-order chi connectivity index (χ0) is 22.8. The fourth-order valence-corrected chi connectivity index (χ4v) is 3.72. The molecule has 3 atom stereocenters. The van der Waals surface area contributed by atoms with E-state index in [1.54, 1.807) is 23.1 Å². The van der Waals surface area contributed by atoms with Crippen molar-refractivity contribution in [2.75, 3.05) is 14.1 Å². The van der Waals surface area contributed by atoms with Gasteiger partial charge in [-0.15, -0.1) is 5.10 Å². The molecule has 1 aromatic carbocycles. The summed E-state index contributed by atoms with van der Waals surface area (Å²) in [4.78, 5) is 6.28. The highest BCUT2D eigenvalue weighted by Crippen LogP contribution is 2.42. The quantitative estimate of drug-likeness (QED) is 0.517. The van der Waals surface area contributed by atoms with Gasteiger partial charge in [0.15, 0.2) is 5.82 Å². The molecule has 3 rings (SSSR count). The number of nitrogens with zero attached hydrogens (tertiary/aromatic N) is 8. The molecule has 0 bridgehead atoms. The lowest BCUT2D eigenvalue weighted by Gasteiger charge is -2.40. The van der Waals surface area contributed by atoms with Crippen molar-refractivity contribution in [1.82, 2.24) is 39.9 Å². The molecule has 0 amide bonds. The minimum Gasteiger partial charge on any atom is -0.466 e. The molecule has 168 valence electrons. The van der Waals surface area contributed by atoms with E-state index in [1.807, 2.05) is 30.9 Å². The zero-order valence-electron chi connectivity index (χ0n) is 19.2. The number of ether oxygens (including phenoxy) is 1. The summed E-state index contributed by atoms with van der Waals surface area (Å²) in [5, 5.41) is 18.0. The lowest BCUT2D eigenvalue weighted by Crippen LogP contribution is -2.44. The third-order valence-corrected chi connectivity index (χ3v) is 6.09. The molecule has 9 nitrogen and oxygen atoms in total. The predicted octanol–water partition coefficient (Wildman–Crippen LogP) is 3.97. The lowest BCUT2D eigenvalue weighted by atomic mass is 9.84. The van der Waals surface area contributed by atoms with E-state index in [2.05, 4.69) is 65.1 Å². The van der Waals surface area contributed by atoms with E-state index >= 15 is 0 Å². The highest BCUT2D eigenvalue weighted by Gasteiger charge is 2.43. The molecule has 0 spiro atoms. The Kier molecular flexibility index (Phi) is 6.66. The second-order valence-corrected chi connectivity index (χ2v) is 9.55. The van der Waals surface area contributed by atoms with Crippen molar-refractivity contribution in [3.63, 3.8) is 0 Å². The molecule has 0 unspecified atom stereocenters. The minimum absolute atomic E-state index is 0.284. The molecule has 2 heterocycles. The second kappa shape index (κ2) is 8.92. The number of halogens is 1. The zero-order valence-corrected chi connectivity index (χ0v) is 19.9. The van der Waals surface area contributed by atoms with Gasteiger partial charge in [0.25, 0.3) is 0 Å². The standard InChI is InChI=1S/C21H31ClN8O/c1-8-21(5,28(6)7)19-25-26-27-30(19)17(20(2,3)4)18(29-14-23-13-24-29)31-16-11-9-15(22)10-12-16/h9-14,17-18H,8H2,1-7H3/t17-,18+,21-/m1/s1. The molecular weight excluding hydrogens is 416 g/mol. The van der Waals surface area contributed by atoms with Gasteiger partial charge < -0.3 is 4.74 Å². The number of benzene rings is 1. The van der Waals surface area contributed by atoms with Crippen molar-refractivity contribution < 1.29 is 4.74 Å². The van der Waals surface area contributed by atoms with Crippen LogP contribution in [0.25, 0.3) is 0 Å². The Morgan fingerprint density at radius 1 is 1.13 bits per heavy atom. The first kappa shape index (κ1) is 23.1. The average molecular weight is 447 g/mol. The summed E-state index contributed by atoms with van der Waals surface area (Å²) in [6.07, 6.45) is 3.43. The van der Waals surface area contributed by atoms with Gasteiger partial charge >= 0.3 is 0 Å². The van der Waals surface area contributed by atoms with E-state index in [0.717, 1.165) is 12.2 Å². The first-order chi connectivity index (χ1) is 14.6. The summed E-state index contributed by atoms with van der Waals surface area (Å²) in [5.41, 5.74) is -0.645. The highest BCUT2D eigenvalue weighted by molar-refractivity contribution is 6.30. The van der Waals surface area contributed by atoms with Crippen LogP contribution in [0.4, 0.5) is 0 Å². The van der Waals surface area contributed by atoms with Gasteiger partial charge in [-0.3, -0.25) is 4.90 Å². The highest BCUT2D eigenvalue weighted by atomic mass is 35.5. The van der Waals surface area contributed by atoms with Crippen LogP contribution in [0.1, 0.15) is 59.1 Å². The molecule has 0 radical (unpaired) electrons. The van der Waals surface area contributed by atoms with Crippen molar-refractivity contribution in [3.05, 3.63) is 47.8 Å². The molecule has 10 heteroatoms. The van der Waals surface area contributed by atoms with Crippen LogP contribution >= 0.6 is 11.6 Å². The maximum Gasteiger partial charge on any atom is 0.215 e. The fraction of sp³-hybridized carbons (Fsp3) is 0.571. The SMILES string of the molecule is CC[C@](C)(c1nnnn1[C@H]([C@H](Oc1ccc(Cl)cc1)n1cncn1)C(C)(C)C)N(C)C. The van der Waals surface area contributed by atoms with Gasteiger partial charge in [-0.2, -0.15) is 5.10 Å². The maximum atomic E-state index is 6.46. The molecule has 0 aliphatic rings. The molecular formula is C21H31ClN8O. The van der Waals surface area contributed by atoms with Gasteiger partial charge in [0.1, 0.15) is 24.4 Å². The van der Waals surface area contributed by atoms with Crippen LogP contribution in [-0.4, -0.2) is 54.0 Å². The Morgan fingerprint density at radius 2 is 1.81 bits per heavy atom. The third-order valence-electron chi connectivity index (χ3n) is 5.84. The summed E-state index contributed by atoms with van der Waals surface area (Å²) < 4.78 is 10.0. The normalized spacial score (nSPS) is 16.2. The first-order valence-corrected chi connectivity index (χ1v) is 10.7. The number of hydrogen-bond acceptors (Lipinski definition) is 7. The smallest absolute Gasteiger partial charge is 0.215 e. The van der Waals surface area contributed by atoms with Gasteiger partial charge in [0, 0.05) is 5.02 Å². The molecule has 3 aromatic rings. The number of tetrazole rings is 1. The topological polar surface area (TPSA) is 86.8 Å². The molecule has 0 fully saturated rings. The van der Waals surface area contributed by atoms with Gasteiger partial charge in [-0.05, 0) is 67.5 Å². The molecule has 0 aliphatic carbocycles. The lowest BCUT2D eigenvalue weighted by molar-refractivity contribution is -0.00543. The largest absolute Gasteiger partial charge is 0.466 e. The molecule has 2 aromatic heterocycles. The molecule has 0 saturated carbocycles. The van der Waals surface area contributed by atoms with Gasteiger partial charge in [0.2, 0.25) is 6.23 Å². The second-order valence-electron chi connectivity index (χ2n) is 9.12. The summed E-state index contributed by atoms with van der Waals surface area (Å²) >= 11 is 6.06. The summed E-state index contributed by atoms with van der Waals surface area (Å²) in [7, 11) is 4.07. The van der Waals surface area contributed by atoms with Gasteiger partial charge in [-0.1, -0.05) is 39.3 Å². The Hall–Kier alpha value is -2.52. The fourth-order valence-electron chi connectivity index (χ4n) is 3.59. The maximum absolute atomic E-state index is 6.46. The monoisotopic (exact) mass is 446 g/mol. The van der Waals surface area contributed by atoms with E-state index in [4.69, 9.17) is 16.3 Å². The van der Waals surface area contributed by atoms with Crippen LogP contribution < -0.4 is 4.74 Å². The average Bonchev–Trinajstić information content (AvgIpc) is 3.39. The van der Waals surface area contributed by atoms with E-state index in [9.17, 15) is 0 Å². The minimum atomic E-state index is -0.547. The van der Waals surface area contributed by atoms with Crippen molar-refractivity contribution in [3.8, 4) is 5.75 Å². The molecule has 0 N–H and O–H groups in total. The van der Waals surface area contributed by atoms with Gasteiger partial charge in [0.05, 0.1) is 5.54 Å². The van der Waals surface area contributed by atoms with Crippen LogP contribution in [-0.2, 0) is 5.54 Å². The summed E-state index contributed by atoms with van der Waals surface area (Å²) in [6, 6.07) is 6.97. The van der Waals surface area contributed by atoms with Crippen LogP contribution in [0.3, 0.4) is 0 Å².